The van der Waals surface area contributed by atoms with Gasteiger partial charge in [-0.25, -0.2) is 0 Å². The molecule has 0 atom stereocenters. The van der Waals surface area contributed by atoms with Gasteiger partial charge in [0.1, 0.15) is 5.75 Å². The maximum atomic E-state index is 13.1. The minimum absolute atomic E-state index is 0.0744. The van der Waals surface area contributed by atoms with Crippen LogP contribution in [0.25, 0.3) is 5.70 Å². The number of carbonyl (C=O) groups is 2. The smallest absolute Gasteiger partial charge is 0.251 e. The lowest BCUT2D eigenvalue weighted by atomic mass is 9.85. The van der Waals surface area contributed by atoms with Gasteiger partial charge in [0, 0.05) is 40.5 Å². The molecular formula is C28H34N2O3. The van der Waals surface area contributed by atoms with E-state index in [4.69, 9.17) is 4.74 Å². The van der Waals surface area contributed by atoms with E-state index in [0.717, 1.165) is 30.0 Å². The van der Waals surface area contributed by atoms with Gasteiger partial charge in [-0.3, -0.25) is 9.59 Å². The van der Waals surface area contributed by atoms with Gasteiger partial charge >= 0.3 is 0 Å². The normalized spacial score (nSPS) is 18.8. The number of methoxy groups -OCH3 is 1. The number of hydrogen-bond acceptors (Lipinski definition) is 4. The van der Waals surface area contributed by atoms with Crippen LogP contribution in [-0.2, 0) is 6.42 Å². The van der Waals surface area contributed by atoms with Gasteiger partial charge in [-0.15, -0.1) is 0 Å². The van der Waals surface area contributed by atoms with Crippen molar-refractivity contribution in [3.8, 4) is 5.75 Å². The molecule has 0 aromatic heterocycles. The second-order valence-electron chi connectivity index (χ2n) is 9.92. The number of benzene rings is 2. The predicted molar refractivity (Wildman–Crippen MR) is 132 cm³/mol. The van der Waals surface area contributed by atoms with Gasteiger partial charge in [0.05, 0.1) is 7.11 Å². The highest BCUT2D eigenvalue weighted by atomic mass is 16.5. The molecule has 1 aliphatic heterocycles. The molecule has 0 unspecified atom stereocenters. The van der Waals surface area contributed by atoms with Crippen molar-refractivity contribution >= 4 is 17.4 Å². The molecule has 174 valence electrons. The van der Waals surface area contributed by atoms with Gasteiger partial charge in [0.2, 0.25) is 0 Å². The van der Waals surface area contributed by atoms with E-state index in [1.54, 1.807) is 37.5 Å². The summed E-state index contributed by atoms with van der Waals surface area (Å²) in [6.07, 6.45) is 8.73. The third-order valence-corrected chi connectivity index (χ3v) is 6.70. The Hall–Kier alpha value is -3.08. The molecule has 1 aliphatic carbocycles. The van der Waals surface area contributed by atoms with Crippen molar-refractivity contribution in [2.75, 3.05) is 13.7 Å². The Labute approximate surface area is 196 Å². The van der Waals surface area contributed by atoms with Crippen LogP contribution in [0.4, 0.5) is 0 Å². The van der Waals surface area contributed by atoms with E-state index in [0.29, 0.717) is 17.0 Å². The highest BCUT2D eigenvalue weighted by Gasteiger charge is 2.28. The molecule has 1 heterocycles. The molecule has 0 radical (unpaired) electrons. The van der Waals surface area contributed by atoms with Crippen molar-refractivity contribution < 1.29 is 14.3 Å². The molecule has 1 fully saturated rings. The molecule has 2 N–H and O–H groups in total. The van der Waals surface area contributed by atoms with Crippen molar-refractivity contribution in [1.82, 2.24) is 10.6 Å². The SMILES string of the molecule is COc1ccc2c(c1)C(=CC(=O)c1ccc(C(=O)NCC3CCCCC3)cc1)NC(C)(C)C2. The Morgan fingerprint density at radius 2 is 1.76 bits per heavy atom. The van der Waals surface area contributed by atoms with E-state index in [9.17, 15) is 9.59 Å². The summed E-state index contributed by atoms with van der Waals surface area (Å²) in [6, 6.07) is 12.9. The number of nitrogens with one attached hydrogen (secondary N) is 2. The van der Waals surface area contributed by atoms with Crippen LogP contribution in [0.5, 0.6) is 5.75 Å². The number of ketones is 1. The number of hydrogen-bond donors (Lipinski definition) is 2. The lowest BCUT2D eigenvalue weighted by molar-refractivity contribution is 0.0942. The van der Waals surface area contributed by atoms with E-state index in [1.807, 2.05) is 12.1 Å². The second-order valence-corrected chi connectivity index (χ2v) is 9.92. The Bertz CT molecular complexity index is 1050. The zero-order chi connectivity index (χ0) is 23.4. The van der Waals surface area contributed by atoms with Crippen LogP contribution in [0, 0.1) is 5.92 Å². The molecule has 0 bridgehead atoms. The van der Waals surface area contributed by atoms with Gasteiger partial charge in [0.25, 0.3) is 5.91 Å². The van der Waals surface area contributed by atoms with Crippen molar-refractivity contribution in [3.05, 3.63) is 70.8 Å². The third-order valence-electron chi connectivity index (χ3n) is 6.70. The molecule has 1 saturated carbocycles. The largest absolute Gasteiger partial charge is 0.497 e. The number of carbonyl (C=O) groups excluding carboxylic acids is 2. The molecule has 2 aliphatic rings. The maximum absolute atomic E-state index is 13.1. The summed E-state index contributed by atoms with van der Waals surface area (Å²) >= 11 is 0. The van der Waals surface area contributed by atoms with E-state index in [-0.39, 0.29) is 17.2 Å². The number of fused-ring (bicyclic) bond motifs is 1. The summed E-state index contributed by atoms with van der Waals surface area (Å²) < 4.78 is 5.39. The minimum atomic E-state index is -0.159. The van der Waals surface area contributed by atoms with Crippen molar-refractivity contribution in [2.45, 2.75) is 57.9 Å². The van der Waals surface area contributed by atoms with Crippen LogP contribution in [0.15, 0.2) is 48.5 Å². The number of amides is 1. The zero-order valence-corrected chi connectivity index (χ0v) is 19.9. The highest BCUT2D eigenvalue weighted by molar-refractivity contribution is 6.09. The van der Waals surface area contributed by atoms with Crippen molar-refractivity contribution in [3.63, 3.8) is 0 Å². The van der Waals surface area contributed by atoms with E-state index < -0.39 is 0 Å². The van der Waals surface area contributed by atoms with Crippen molar-refractivity contribution in [2.24, 2.45) is 5.92 Å². The fourth-order valence-electron chi connectivity index (χ4n) is 4.88. The predicted octanol–water partition coefficient (Wildman–Crippen LogP) is 5.15. The minimum Gasteiger partial charge on any atom is -0.497 e. The summed E-state index contributed by atoms with van der Waals surface area (Å²) in [6.45, 7) is 4.98. The lowest BCUT2D eigenvalue weighted by Crippen LogP contribution is -2.43. The quantitative estimate of drug-likeness (QED) is 0.475. The van der Waals surface area contributed by atoms with Crippen LogP contribution in [0.1, 0.15) is 77.8 Å². The molecule has 4 rings (SSSR count). The number of rotatable bonds is 6. The Kier molecular flexibility index (Phi) is 6.87. The molecule has 5 heteroatoms. The first-order valence-corrected chi connectivity index (χ1v) is 11.9. The van der Waals surface area contributed by atoms with Crippen LogP contribution in [-0.4, -0.2) is 30.9 Å². The first-order valence-electron chi connectivity index (χ1n) is 11.9. The Balaban J connectivity index is 1.47. The summed E-state index contributed by atoms with van der Waals surface area (Å²) in [7, 11) is 1.64. The second kappa shape index (κ2) is 9.82. The standard InChI is InChI=1S/C28H34N2O3/c1-28(2)17-22-13-14-23(33-3)15-24(22)25(30-28)16-26(31)20-9-11-21(12-10-20)27(32)29-18-19-7-5-4-6-8-19/h9-16,19,30H,4-8,17-18H2,1-3H3,(H,29,32). The molecule has 5 nitrogen and oxygen atoms in total. The molecule has 1 amide bonds. The van der Waals surface area contributed by atoms with Crippen molar-refractivity contribution in [1.29, 1.82) is 0 Å². The summed E-state index contributed by atoms with van der Waals surface area (Å²) in [5.41, 5.74) is 3.94. The van der Waals surface area contributed by atoms with Crippen LogP contribution < -0.4 is 15.4 Å². The van der Waals surface area contributed by atoms with E-state index in [2.05, 4.69) is 30.5 Å². The van der Waals surface area contributed by atoms with Gasteiger partial charge in [0.15, 0.2) is 5.78 Å². The molecular weight excluding hydrogens is 412 g/mol. The first-order chi connectivity index (χ1) is 15.8. The molecule has 0 spiro atoms. The van der Waals surface area contributed by atoms with Crippen LogP contribution in [0.3, 0.4) is 0 Å². The monoisotopic (exact) mass is 446 g/mol. The van der Waals surface area contributed by atoms with Gasteiger partial charge in [-0.05, 0) is 68.9 Å². The first kappa shape index (κ1) is 23.1. The van der Waals surface area contributed by atoms with Crippen LogP contribution >= 0.6 is 0 Å². The Morgan fingerprint density at radius 3 is 2.45 bits per heavy atom. The molecule has 0 saturated heterocycles. The summed E-state index contributed by atoms with van der Waals surface area (Å²) in [5.74, 6) is 1.17. The fourth-order valence-corrected chi connectivity index (χ4v) is 4.88. The van der Waals surface area contributed by atoms with Crippen LogP contribution in [0.2, 0.25) is 0 Å². The highest BCUT2D eigenvalue weighted by Crippen LogP contribution is 2.32. The molecule has 2 aromatic carbocycles. The molecule has 2 aromatic rings. The van der Waals surface area contributed by atoms with Gasteiger partial charge in [-0.1, -0.05) is 37.5 Å². The summed E-state index contributed by atoms with van der Waals surface area (Å²) in [5, 5.41) is 6.56. The van der Waals surface area contributed by atoms with E-state index >= 15 is 0 Å². The number of allylic oxidation sites excluding steroid dienone is 1. The third kappa shape index (κ3) is 5.65. The maximum Gasteiger partial charge on any atom is 0.251 e. The average molecular weight is 447 g/mol. The topological polar surface area (TPSA) is 67.4 Å². The van der Waals surface area contributed by atoms with Gasteiger partial charge < -0.3 is 15.4 Å². The van der Waals surface area contributed by atoms with E-state index in [1.165, 1.54) is 37.7 Å². The molecule has 33 heavy (non-hydrogen) atoms. The zero-order valence-electron chi connectivity index (χ0n) is 19.9. The summed E-state index contributed by atoms with van der Waals surface area (Å²) in [4.78, 5) is 25.6. The lowest BCUT2D eigenvalue weighted by Gasteiger charge is -2.35. The van der Waals surface area contributed by atoms with Gasteiger partial charge in [-0.2, -0.15) is 0 Å². The Morgan fingerprint density at radius 1 is 1.06 bits per heavy atom. The average Bonchev–Trinajstić information content (AvgIpc) is 2.82. The fraction of sp³-hybridized carbons (Fsp3) is 0.429. The number of ether oxygens (including phenoxy) is 1.